The molecule has 0 amide bonds. The Morgan fingerprint density at radius 1 is 1.12 bits per heavy atom. The summed E-state index contributed by atoms with van der Waals surface area (Å²) in [5.74, 6) is -0.794. The van der Waals surface area contributed by atoms with Gasteiger partial charge in [-0.1, -0.05) is 6.42 Å². The van der Waals surface area contributed by atoms with Crippen molar-refractivity contribution in [1.29, 1.82) is 0 Å². The molecule has 0 aromatic heterocycles. The van der Waals surface area contributed by atoms with Gasteiger partial charge < -0.3 is 14.2 Å². The van der Waals surface area contributed by atoms with Crippen LogP contribution in [0, 0.1) is 0 Å². The van der Waals surface area contributed by atoms with E-state index in [-0.39, 0.29) is 6.42 Å². The minimum atomic E-state index is -2.93. The minimum Gasteiger partial charge on any atom is -0.481 e. The van der Waals surface area contributed by atoms with E-state index in [0.717, 1.165) is 6.42 Å². The Labute approximate surface area is 96.7 Å². The van der Waals surface area contributed by atoms with Crippen molar-refractivity contribution in [3.63, 3.8) is 0 Å². The third-order valence-corrected chi connectivity index (χ3v) is 4.14. The van der Waals surface area contributed by atoms with E-state index in [1.54, 1.807) is 13.8 Å². The van der Waals surface area contributed by atoms with Crippen LogP contribution in [0.25, 0.3) is 0 Å². The molecule has 0 aliphatic carbocycles. The number of carbonyl (C=O) groups is 1. The maximum Gasteiger partial charge on any atom is 0.330 e. The van der Waals surface area contributed by atoms with E-state index in [9.17, 15) is 9.36 Å². The first-order valence-electron chi connectivity index (χ1n) is 5.64. The first kappa shape index (κ1) is 15.6. The van der Waals surface area contributed by atoms with E-state index in [1.165, 1.54) is 0 Å². The van der Waals surface area contributed by atoms with E-state index in [1.807, 2.05) is 0 Å². The first-order chi connectivity index (χ1) is 7.54. The summed E-state index contributed by atoms with van der Waals surface area (Å²) in [7, 11) is -2.93. The Hall–Kier alpha value is -0.380. The number of aliphatic carboxylic acids is 1. The van der Waals surface area contributed by atoms with Crippen molar-refractivity contribution in [2.75, 3.05) is 19.4 Å². The highest BCUT2D eigenvalue weighted by Crippen LogP contribution is 2.48. The van der Waals surface area contributed by atoms with Crippen LogP contribution < -0.4 is 0 Å². The van der Waals surface area contributed by atoms with Crippen LogP contribution in [0.3, 0.4) is 0 Å². The van der Waals surface area contributed by atoms with Gasteiger partial charge in [-0.3, -0.25) is 9.36 Å². The Balaban J connectivity index is 3.76. The van der Waals surface area contributed by atoms with Crippen molar-refractivity contribution < 1.29 is 23.5 Å². The maximum atomic E-state index is 11.9. The maximum absolute atomic E-state index is 11.9. The Morgan fingerprint density at radius 3 is 2.12 bits per heavy atom. The van der Waals surface area contributed by atoms with Crippen LogP contribution in [0.2, 0.25) is 0 Å². The zero-order chi connectivity index (χ0) is 12.4. The van der Waals surface area contributed by atoms with Gasteiger partial charge in [0, 0.05) is 6.42 Å². The fraction of sp³-hybridized carbons (Fsp3) is 0.900. The second-order valence-corrected chi connectivity index (χ2v) is 5.56. The standard InChI is InChI=1S/C10H21O5P/c1-3-14-16(13,15-4-2)9-7-5-6-8-10(11)12/h3-9H2,1-2H3,(H,11,12). The van der Waals surface area contributed by atoms with Gasteiger partial charge in [0.1, 0.15) is 0 Å². The Bertz CT molecular complexity index is 231. The third-order valence-electron chi connectivity index (χ3n) is 1.97. The lowest BCUT2D eigenvalue weighted by Crippen LogP contribution is -2.01. The molecule has 6 heteroatoms. The van der Waals surface area contributed by atoms with Gasteiger partial charge in [-0.15, -0.1) is 0 Å². The molecule has 0 saturated heterocycles. The zero-order valence-electron chi connectivity index (χ0n) is 9.98. The molecule has 0 spiro atoms. The van der Waals surface area contributed by atoms with E-state index in [0.29, 0.717) is 32.2 Å². The predicted molar refractivity (Wildman–Crippen MR) is 61.8 cm³/mol. The highest BCUT2D eigenvalue weighted by molar-refractivity contribution is 7.53. The Morgan fingerprint density at radius 2 is 1.69 bits per heavy atom. The lowest BCUT2D eigenvalue weighted by Gasteiger charge is -2.16. The lowest BCUT2D eigenvalue weighted by atomic mass is 10.2. The molecule has 96 valence electrons. The van der Waals surface area contributed by atoms with Gasteiger partial charge >= 0.3 is 13.6 Å². The largest absolute Gasteiger partial charge is 0.481 e. The summed E-state index contributed by atoms with van der Waals surface area (Å²) in [5.41, 5.74) is 0. The molecule has 0 heterocycles. The van der Waals surface area contributed by atoms with Crippen molar-refractivity contribution in [3.8, 4) is 0 Å². The number of carboxylic acids is 1. The second-order valence-electron chi connectivity index (χ2n) is 3.37. The van der Waals surface area contributed by atoms with Crippen LogP contribution in [-0.2, 0) is 18.4 Å². The molecule has 0 fully saturated rings. The van der Waals surface area contributed by atoms with E-state index < -0.39 is 13.6 Å². The van der Waals surface area contributed by atoms with Crippen molar-refractivity contribution in [1.82, 2.24) is 0 Å². The molecule has 0 unspecified atom stereocenters. The summed E-state index contributed by atoms with van der Waals surface area (Å²) in [6.45, 7) is 4.28. The van der Waals surface area contributed by atoms with Gasteiger partial charge in [0.25, 0.3) is 0 Å². The quantitative estimate of drug-likeness (QED) is 0.478. The summed E-state index contributed by atoms with van der Waals surface area (Å²) in [4.78, 5) is 10.3. The molecule has 0 radical (unpaired) electrons. The summed E-state index contributed by atoms with van der Waals surface area (Å²) in [6.07, 6.45) is 2.54. The van der Waals surface area contributed by atoms with E-state index in [2.05, 4.69) is 0 Å². The van der Waals surface area contributed by atoms with Gasteiger partial charge in [0.15, 0.2) is 0 Å². The van der Waals surface area contributed by atoms with Crippen LogP contribution in [0.15, 0.2) is 0 Å². The van der Waals surface area contributed by atoms with Crippen LogP contribution in [0.5, 0.6) is 0 Å². The molecule has 0 aliphatic heterocycles. The summed E-state index contributed by atoms with van der Waals surface area (Å²) in [5, 5.41) is 8.44. The molecule has 0 rings (SSSR count). The summed E-state index contributed by atoms with van der Waals surface area (Å²) < 4.78 is 22.2. The van der Waals surface area contributed by atoms with Gasteiger partial charge in [-0.05, 0) is 26.7 Å². The Kier molecular flexibility index (Phi) is 8.53. The highest BCUT2D eigenvalue weighted by atomic mass is 31.2. The molecular weight excluding hydrogens is 231 g/mol. The minimum absolute atomic E-state index is 0.160. The molecule has 16 heavy (non-hydrogen) atoms. The molecule has 1 N–H and O–H groups in total. The number of unbranched alkanes of at least 4 members (excludes halogenated alkanes) is 2. The lowest BCUT2D eigenvalue weighted by molar-refractivity contribution is -0.137. The molecule has 5 nitrogen and oxygen atoms in total. The van der Waals surface area contributed by atoms with Crippen LogP contribution >= 0.6 is 7.60 Å². The van der Waals surface area contributed by atoms with Gasteiger partial charge in [-0.25, -0.2) is 0 Å². The number of hydrogen-bond acceptors (Lipinski definition) is 4. The average molecular weight is 252 g/mol. The number of hydrogen-bond donors (Lipinski definition) is 1. The zero-order valence-corrected chi connectivity index (χ0v) is 10.9. The molecule has 0 aromatic rings. The summed E-state index contributed by atoms with van der Waals surface area (Å²) in [6, 6.07) is 0. The van der Waals surface area contributed by atoms with Crippen molar-refractivity contribution in [2.24, 2.45) is 0 Å². The smallest absolute Gasteiger partial charge is 0.330 e. The fourth-order valence-corrected chi connectivity index (χ4v) is 3.05. The van der Waals surface area contributed by atoms with Crippen molar-refractivity contribution >= 4 is 13.6 Å². The number of carboxylic acid groups (broad SMARTS) is 1. The van der Waals surface area contributed by atoms with Crippen LogP contribution in [0.4, 0.5) is 0 Å². The average Bonchev–Trinajstić information content (AvgIpc) is 2.17. The normalized spacial score (nSPS) is 11.6. The van der Waals surface area contributed by atoms with E-state index >= 15 is 0 Å². The molecule has 0 atom stereocenters. The van der Waals surface area contributed by atoms with Crippen molar-refractivity contribution in [2.45, 2.75) is 39.5 Å². The highest BCUT2D eigenvalue weighted by Gasteiger charge is 2.22. The molecule has 0 aliphatic rings. The first-order valence-corrected chi connectivity index (χ1v) is 7.36. The molecular formula is C10H21O5P. The van der Waals surface area contributed by atoms with Gasteiger partial charge in [0.05, 0.1) is 19.4 Å². The van der Waals surface area contributed by atoms with Crippen LogP contribution in [-0.4, -0.2) is 30.5 Å². The number of rotatable bonds is 10. The van der Waals surface area contributed by atoms with Gasteiger partial charge in [-0.2, -0.15) is 0 Å². The van der Waals surface area contributed by atoms with Crippen LogP contribution in [0.1, 0.15) is 39.5 Å². The topological polar surface area (TPSA) is 72.8 Å². The van der Waals surface area contributed by atoms with Crippen molar-refractivity contribution in [3.05, 3.63) is 0 Å². The molecule has 0 bridgehead atoms. The van der Waals surface area contributed by atoms with Gasteiger partial charge in [0.2, 0.25) is 0 Å². The second kappa shape index (κ2) is 8.74. The van der Waals surface area contributed by atoms with E-state index in [4.69, 9.17) is 14.2 Å². The predicted octanol–water partition coefficient (Wildman–Crippen LogP) is 2.90. The third kappa shape index (κ3) is 7.85. The monoisotopic (exact) mass is 252 g/mol. The summed E-state index contributed by atoms with van der Waals surface area (Å²) >= 11 is 0. The SMILES string of the molecule is CCOP(=O)(CCCCCC(=O)O)OCC. The fourth-order valence-electron chi connectivity index (χ4n) is 1.32. The molecule has 0 saturated carbocycles. The molecule has 0 aromatic carbocycles.